The Balaban J connectivity index is 2.93. The highest BCUT2D eigenvalue weighted by Crippen LogP contribution is 2.17. The average molecular weight is 196 g/mol. The van der Waals surface area contributed by atoms with E-state index in [1.807, 2.05) is 30.6 Å². The van der Waals surface area contributed by atoms with Crippen molar-refractivity contribution in [1.29, 1.82) is 0 Å². The van der Waals surface area contributed by atoms with E-state index in [4.69, 9.17) is 0 Å². The fraction of sp³-hybridized carbons (Fsp3) is 0. The summed E-state index contributed by atoms with van der Waals surface area (Å²) in [5.74, 6) is 0. The average Bonchev–Trinajstić information content (AvgIpc) is 2.34. The molecule has 0 aliphatic heterocycles. The highest BCUT2D eigenvalue weighted by Gasteiger charge is 1.94. The summed E-state index contributed by atoms with van der Waals surface area (Å²) in [5.41, 5.74) is 1.21. The Kier molecular flexibility index (Phi) is 1.27. The zero-order chi connectivity index (χ0) is 6.97. The Hall–Kier alpha value is -0.760. The van der Waals surface area contributed by atoms with Gasteiger partial charge in [-0.05, 0) is 34.1 Å². The van der Waals surface area contributed by atoms with Crippen LogP contribution in [0.1, 0.15) is 0 Å². The monoisotopic (exact) mass is 195 g/mol. The molecule has 0 spiro atoms. The zero-order valence-corrected chi connectivity index (χ0v) is 6.88. The minimum absolute atomic E-state index is 1.15. The third-order valence-corrected chi connectivity index (χ3v) is 2.19. The molecule has 0 N–H and O–H groups in total. The lowest BCUT2D eigenvalue weighted by Gasteiger charge is -1.90. The van der Waals surface area contributed by atoms with Crippen LogP contribution in [0.5, 0.6) is 0 Å². The molecule has 0 fully saturated rings. The first-order valence-electron chi connectivity index (χ1n) is 3.09. The number of hydrogen-bond donors (Lipinski definition) is 0. The second kappa shape index (κ2) is 2.13. The fourth-order valence-corrected chi connectivity index (χ4v) is 1.47. The van der Waals surface area contributed by atoms with Crippen LogP contribution in [0.2, 0.25) is 0 Å². The molecule has 2 rings (SSSR count). The van der Waals surface area contributed by atoms with E-state index in [0.717, 1.165) is 4.47 Å². The molecule has 10 heavy (non-hydrogen) atoms. The summed E-state index contributed by atoms with van der Waals surface area (Å²) >= 11 is 3.45. The Bertz CT molecular complexity index is 351. The Morgan fingerprint density at radius 2 is 2.00 bits per heavy atom. The second-order valence-electron chi connectivity index (χ2n) is 2.16. The van der Waals surface area contributed by atoms with E-state index in [1.54, 1.807) is 0 Å². The van der Waals surface area contributed by atoms with Crippen molar-refractivity contribution in [3.8, 4) is 0 Å². The highest BCUT2D eigenvalue weighted by molar-refractivity contribution is 9.10. The molecule has 0 aliphatic rings. The van der Waals surface area contributed by atoms with Crippen LogP contribution in [0, 0.1) is 0 Å². The number of aromatic nitrogens is 1. The van der Waals surface area contributed by atoms with Crippen LogP contribution in [-0.2, 0) is 0 Å². The number of halogens is 1. The van der Waals surface area contributed by atoms with Gasteiger partial charge in [0.2, 0.25) is 0 Å². The molecule has 0 unspecified atom stereocenters. The second-order valence-corrected chi connectivity index (χ2v) is 3.01. The number of pyridine rings is 1. The topological polar surface area (TPSA) is 4.41 Å². The van der Waals surface area contributed by atoms with Crippen molar-refractivity contribution in [3.05, 3.63) is 41.1 Å². The number of hydrogen-bond acceptors (Lipinski definition) is 0. The van der Waals surface area contributed by atoms with Gasteiger partial charge in [0, 0.05) is 16.9 Å². The maximum Gasteiger partial charge on any atom is 0.0592 e. The lowest BCUT2D eigenvalue weighted by molar-refractivity contribution is 1.20. The van der Waals surface area contributed by atoms with Gasteiger partial charge in [-0.25, -0.2) is 0 Å². The van der Waals surface area contributed by atoms with Gasteiger partial charge in [0.05, 0.1) is 5.52 Å². The smallest absolute Gasteiger partial charge is 0.0592 e. The molecule has 0 amide bonds. The summed E-state index contributed by atoms with van der Waals surface area (Å²) in [4.78, 5) is 0. The quantitative estimate of drug-likeness (QED) is 0.610. The van der Waals surface area contributed by atoms with Gasteiger partial charge in [-0.1, -0.05) is 6.07 Å². The zero-order valence-electron chi connectivity index (χ0n) is 5.29. The van der Waals surface area contributed by atoms with Crippen molar-refractivity contribution >= 4 is 21.4 Å². The Morgan fingerprint density at radius 1 is 1.10 bits per heavy atom. The number of nitrogens with zero attached hydrogens (tertiary/aromatic N) is 1. The minimum atomic E-state index is 1.15. The lowest BCUT2D eigenvalue weighted by Crippen LogP contribution is -1.76. The van der Waals surface area contributed by atoms with Crippen LogP contribution < -0.4 is 0 Å². The molecule has 0 aromatic carbocycles. The van der Waals surface area contributed by atoms with E-state index in [2.05, 4.69) is 26.4 Å². The molecule has 0 aliphatic carbocycles. The SMILES string of the molecule is Brc1ccn2ccccc12. The van der Waals surface area contributed by atoms with Crippen LogP contribution in [0.4, 0.5) is 0 Å². The summed E-state index contributed by atoms with van der Waals surface area (Å²) < 4.78 is 3.22. The third-order valence-electron chi connectivity index (χ3n) is 1.52. The van der Waals surface area contributed by atoms with Gasteiger partial charge < -0.3 is 4.40 Å². The normalized spacial score (nSPS) is 10.5. The predicted molar refractivity (Wildman–Crippen MR) is 45.1 cm³/mol. The van der Waals surface area contributed by atoms with E-state index in [-0.39, 0.29) is 0 Å². The maximum atomic E-state index is 3.45. The van der Waals surface area contributed by atoms with Gasteiger partial charge in [0.25, 0.3) is 0 Å². The van der Waals surface area contributed by atoms with Gasteiger partial charge >= 0.3 is 0 Å². The van der Waals surface area contributed by atoms with Gasteiger partial charge in [-0.15, -0.1) is 0 Å². The molecule has 0 radical (unpaired) electrons. The first-order chi connectivity index (χ1) is 4.88. The van der Waals surface area contributed by atoms with E-state index in [9.17, 15) is 0 Å². The summed E-state index contributed by atoms with van der Waals surface area (Å²) in [6, 6.07) is 8.15. The molecule has 2 aromatic heterocycles. The molecule has 0 saturated carbocycles. The van der Waals surface area contributed by atoms with Crippen LogP contribution in [0.15, 0.2) is 41.1 Å². The summed E-state index contributed by atoms with van der Waals surface area (Å²) in [6.07, 6.45) is 4.06. The largest absolute Gasteiger partial charge is 0.323 e. The molecule has 1 nitrogen and oxygen atoms in total. The van der Waals surface area contributed by atoms with Crippen LogP contribution in [0.3, 0.4) is 0 Å². The van der Waals surface area contributed by atoms with Crippen molar-refractivity contribution < 1.29 is 0 Å². The lowest BCUT2D eigenvalue weighted by atomic mass is 10.4. The molecular weight excluding hydrogens is 190 g/mol. The summed E-state index contributed by atoms with van der Waals surface area (Å²) in [7, 11) is 0. The van der Waals surface area contributed by atoms with Crippen molar-refractivity contribution in [2.75, 3.05) is 0 Å². The Labute approximate surface area is 67.4 Å². The van der Waals surface area contributed by atoms with Gasteiger partial charge in [0.1, 0.15) is 0 Å². The summed E-state index contributed by atoms with van der Waals surface area (Å²) in [5, 5.41) is 0. The minimum Gasteiger partial charge on any atom is -0.323 e. The number of fused-ring (bicyclic) bond motifs is 1. The predicted octanol–water partition coefficient (Wildman–Crippen LogP) is 2.70. The molecule has 2 aromatic rings. The third kappa shape index (κ3) is 0.762. The molecule has 2 heterocycles. The molecule has 0 atom stereocenters. The van der Waals surface area contributed by atoms with E-state index >= 15 is 0 Å². The van der Waals surface area contributed by atoms with E-state index in [0.29, 0.717) is 0 Å². The standard InChI is InChI=1S/C8H6BrN/c9-7-4-6-10-5-2-1-3-8(7)10/h1-6H. The van der Waals surface area contributed by atoms with Crippen molar-refractivity contribution in [2.45, 2.75) is 0 Å². The van der Waals surface area contributed by atoms with Crippen LogP contribution >= 0.6 is 15.9 Å². The fourth-order valence-electron chi connectivity index (χ4n) is 1.02. The Morgan fingerprint density at radius 3 is 2.80 bits per heavy atom. The molecule has 0 saturated heterocycles. The van der Waals surface area contributed by atoms with E-state index in [1.165, 1.54) is 5.52 Å². The number of rotatable bonds is 0. The first kappa shape index (κ1) is 5.98. The van der Waals surface area contributed by atoms with Crippen LogP contribution in [0.25, 0.3) is 5.52 Å². The van der Waals surface area contributed by atoms with Gasteiger partial charge in [-0.3, -0.25) is 0 Å². The first-order valence-corrected chi connectivity index (χ1v) is 3.88. The van der Waals surface area contributed by atoms with Crippen LogP contribution in [-0.4, -0.2) is 4.40 Å². The molecule has 50 valence electrons. The maximum absolute atomic E-state index is 3.45. The highest BCUT2D eigenvalue weighted by atomic mass is 79.9. The van der Waals surface area contributed by atoms with Crippen molar-refractivity contribution in [1.82, 2.24) is 4.40 Å². The molecule has 0 bridgehead atoms. The summed E-state index contributed by atoms with van der Waals surface area (Å²) in [6.45, 7) is 0. The van der Waals surface area contributed by atoms with Gasteiger partial charge in [0.15, 0.2) is 0 Å². The molecule has 2 heteroatoms. The van der Waals surface area contributed by atoms with E-state index < -0.39 is 0 Å². The molecular formula is C8H6BrN. The van der Waals surface area contributed by atoms with Crippen molar-refractivity contribution in [3.63, 3.8) is 0 Å². The van der Waals surface area contributed by atoms with Gasteiger partial charge in [-0.2, -0.15) is 0 Å². The van der Waals surface area contributed by atoms with Crippen molar-refractivity contribution in [2.24, 2.45) is 0 Å².